The van der Waals surface area contributed by atoms with Gasteiger partial charge in [-0.25, -0.2) is 0 Å². The van der Waals surface area contributed by atoms with Gasteiger partial charge in [-0.3, -0.25) is 4.79 Å². The van der Waals surface area contributed by atoms with Gasteiger partial charge < -0.3 is 10.1 Å². The first-order chi connectivity index (χ1) is 8.65. The minimum absolute atomic E-state index is 0.105. The summed E-state index contributed by atoms with van der Waals surface area (Å²) in [6, 6.07) is 0. The number of carbonyl (C=O) groups is 1. The second kappa shape index (κ2) is 8.00. The van der Waals surface area contributed by atoms with Crippen molar-refractivity contribution in [3.63, 3.8) is 0 Å². The van der Waals surface area contributed by atoms with Gasteiger partial charge in [-0.1, -0.05) is 13.8 Å². The highest BCUT2D eigenvalue weighted by Crippen LogP contribution is 2.19. The molecule has 3 nitrogen and oxygen atoms in total. The first-order valence-corrected chi connectivity index (χ1v) is 7.68. The van der Waals surface area contributed by atoms with Crippen LogP contribution in [0.25, 0.3) is 0 Å². The van der Waals surface area contributed by atoms with Crippen molar-refractivity contribution in [1.29, 1.82) is 0 Å². The molecule has 1 unspecified atom stereocenters. The van der Waals surface area contributed by atoms with E-state index in [2.05, 4.69) is 19.2 Å². The Bertz CT molecular complexity index is 240. The highest BCUT2D eigenvalue weighted by atomic mass is 35.5. The number of hydrogen-bond donors (Lipinski definition) is 1. The number of amides is 1. The summed E-state index contributed by atoms with van der Waals surface area (Å²) in [5.41, 5.74) is -0.230. The van der Waals surface area contributed by atoms with Crippen LogP contribution >= 0.6 is 11.6 Å². The molecule has 0 aromatic carbocycles. The third-order valence-corrected chi connectivity index (χ3v) is 4.49. The number of carbonyl (C=O) groups excluding carboxylic acids is 1. The molecule has 0 aliphatic carbocycles. The number of halogens is 1. The van der Waals surface area contributed by atoms with Crippen LogP contribution in [0, 0.1) is 0 Å². The van der Waals surface area contributed by atoms with Gasteiger partial charge >= 0.3 is 0 Å². The SMILES string of the molecule is CCC(CC)(CCl)NC(=O)CCC1CCCCO1. The molecule has 0 spiro atoms. The molecule has 1 N–H and O–H groups in total. The Morgan fingerprint density at radius 2 is 2.11 bits per heavy atom. The van der Waals surface area contributed by atoms with E-state index in [0.29, 0.717) is 12.3 Å². The number of rotatable bonds is 7. The molecule has 1 saturated heterocycles. The van der Waals surface area contributed by atoms with Crippen molar-refractivity contribution in [3.05, 3.63) is 0 Å². The summed E-state index contributed by atoms with van der Waals surface area (Å²) in [6.07, 6.45) is 6.87. The summed E-state index contributed by atoms with van der Waals surface area (Å²) >= 11 is 5.98. The van der Waals surface area contributed by atoms with Crippen molar-refractivity contribution in [1.82, 2.24) is 5.32 Å². The summed E-state index contributed by atoms with van der Waals surface area (Å²) in [5, 5.41) is 3.09. The minimum Gasteiger partial charge on any atom is -0.378 e. The summed E-state index contributed by atoms with van der Waals surface area (Å²) in [7, 11) is 0. The van der Waals surface area contributed by atoms with Crippen LogP contribution in [0.4, 0.5) is 0 Å². The molecule has 0 bridgehead atoms. The van der Waals surface area contributed by atoms with E-state index in [4.69, 9.17) is 16.3 Å². The Morgan fingerprint density at radius 1 is 1.39 bits per heavy atom. The number of alkyl halides is 1. The van der Waals surface area contributed by atoms with Crippen LogP contribution in [0.5, 0.6) is 0 Å². The van der Waals surface area contributed by atoms with Crippen molar-refractivity contribution in [3.8, 4) is 0 Å². The van der Waals surface area contributed by atoms with Gasteiger partial charge in [-0.05, 0) is 38.5 Å². The van der Waals surface area contributed by atoms with Crippen molar-refractivity contribution in [2.75, 3.05) is 12.5 Å². The topological polar surface area (TPSA) is 38.3 Å². The van der Waals surface area contributed by atoms with Gasteiger partial charge in [0, 0.05) is 18.9 Å². The Morgan fingerprint density at radius 3 is 2.61 bits per heavy atom. The lowest BCUT2D eigenvalue weighted by atomic mass is 9.94. The lowest BCUT2D eigenvalue weighted by molar-refractivity contribution is -0.124. The fourth-order valence-electron chi connectivity index (χ4n) is 2.33. The highest BCUT2D eigenvalue weighted by molar-refractivity contribution is 6.18. The minimum atomic E-state index is -0.230. The van der Waals surface area contributed by atoms with Gasteiger partial charge in [0.2, 0.25) is 5.91 Å². The fraction of sp³-hybridized carbons (Fsp3) is 0.929. The largest absolute Gasteiger partial charge is 0.378 e. The summed E-state index contributed by atoms with van der Waals surface area (Å²) < 4.78 is 5.63. The molecule has 1 atom stereocenters. The molecular weight excluding hydrogens is 250 g/mol. The molecule has 106 valence electrons. The Balaban J connectivity index is 2.31. The molecule has 1 rings (SSSR count). The van der Waals surface area contributed by atoms with E-state index < -0.39 is 0 Å². The second-order valence-corrected chi connectivity index (χ2v) is 5.46. The molecule has 1 aliphatic rings. The van der Waals surface area contributed by atoms with Crippen molar-refractivity contribution in [2.24, 2.45) is 0 Å². The van der Waals surface area contributed by atoms with Crippen LogP contribution in [0.1, 0.15) is 58.8 Å². The maximum atomic E-state index is 12.0. The van der Waals surface area contributed by atoms with E-state index in [1.807, 2.05) is 0 Å². The zero-order valence-electron chi connectivity index (χ0n) is 11.6. The molecule has 0 radical (unpaired) electrons. The zero-order chi connectivity index (χ0) is 13.4. The van der Waals surface area contributed by atoms with Gasteiger partial charge in [0.05, 0.1) is 11.6 Å². The molecular formula is C14H26ClNO2. The normalized spacial score (nSPS) is 20.7. The predicted molar refractivity (Wildman–Crippen MR) is 75.0 cm³/mol. The van der Waals surface area contributed by atoms with Crippen LogP contribution in [0.15, 0.2) is 0 Å². The highest BCUT2D eigenvalue weighted by Gasteiger charge is 2.27. The molecule has 0 aromatic rings. The molecule has 18 heavy (non-hydrogen) atoms. The third-order valence-electron chi connectivity index (χ3n) is 3.98. The molecule has 0 saturated carbocycles. The molecule has 1 heterocycles. The molecule has 4 heteroatoms. The lowest BCUT2D eigenvalue weighted by Crippen LogP contribution is -2.49. The molecule has 1 aliphatic heterocycles. The maximum Gasteiger partial charge on any atom is 0.220 e. The van der Waals surface area contributed by atoms with Gasteiger partial charge in [0.25, 0.3) is 0 Å². The maximum absolute atomic E-state index is 12.0. The summed E-state index contributed by atoms with van der Waals surface area (Å²) in [6.45, 7) is 4.98. The average molecular weight is 276 g/mol. The fourth-order valence-corrected chi connectivity index (χ4v) is 2.78. The Kier molecular flexibility index (Phi) is 7.02. The number of hydrogen-bond acceptors (Lipinski definition) is 2. The van der Waals surface area contributed by atoms with Gasteiger partial charge in [-0.2, -0.15) is 0 Å². The smallest absolute Gasteiger partial charge is 0.220 e. The van der Waals surface area contributed by atoms with E-state index in [-0.39, 0.29) is 17.6 Å². The van der Waals surface area contributed by atoms with E-state index in [0.717, 1.165) is 38.7 Å². The van der Waals surface area contributed by atoms with E-state index in [1.165, 1.54) is 6.42 Å². The van der Waals surface area contributed by atoms with Gasteiger partial charge in [0.1, 0.15) is 0 Å². The van der Waals surface area contributed by atoms with Gasteiger partial charge in [0.15, 0.2) is 0 Å². The Hall–Kier alpha value is -0.280. The van der Waals surface area contributed by atoms with E-state index in [1.54, 1.807) is 0 Å². The predicted octanol–water partition coefficient (Wildman–Crippen LogP) is 3.25. The van der Waals surface area contributed by atoms with Crippen molar-refractivity contribution >= 4 is 17.5 Å². The van der Waals surface area contributed by atoms with Gasteiger partial charge in [-0.15, -0.1) is 11.6 Å². The first-order valence-electron chi connectivity index (χ1n) is 7.14. The monoisotopic (exact) mass is 275 g/mol. The third kappa shape index (κ3) is 4.77. The zero-order valence-corrected chi connectivity index (χ0v) is 12.4. The van der Waals surface area contributed by atoms with E-state index >= 15 is 0 Å². The van der Waals surface area contributed by atoms with Crippen LogP contribution in [0.3, 0.4) is 0 Å². The first kappa shape index (κ1) is 15.8. The van der Waals surface area contributed by atoms with Crippen LogP contribution < -0.4 is 5.32 Å². The second-order valence-electron chi connectivity index (χ2n) is 5.20. The summed E-state index contributed by atoms with van der Waals surface area (Å²) in [4.78, 5) is 12.0. The van der Waals surface area contributed by atoms with Crippen molar-refractivity contribution < 1.29 is 9.53 Å². The number of nitrogens with one attached hydrogen (secondary N) is 1. The molecule has 1 fully saturated rings. The Labute approximate surface area is 116 Å². The number of ether oxygens (including phenoxy) is 1. The van der Waals surface area contributed by atoms with Crippen molar-refractivity contribution in [2.45, 2.75) is 70.4 Å². The molecule has 1 amide bonds. The van der Waals surface area contributed by atoms with Crippen LogP contribution in [0.2, 0.25) is 0 Å². The standard InChI is InChI=1S/C14H26ClNO2/c1-3-14(4-2,11-15)16-13(17)9-8-12-7-5-6-10-18-12/h12H,3-11H2,1-2H3,(H,16,17). The average Bonchev–Trinajstić information content (AvgIpc) is 2.44. The quantitative estimate of drug-likeness (QED) is 0.725. The molecule has 0 aromatic heterocycles. The summed E-state index contributed by atoms with van der Waals surface area (Å²) in [5.74, 6) is 0.583. The van der Waals surface area contributed by atoms with Crippen LogP contribution in [-0.4, -0.2) is 30.0 Å². The van der Waals surface area contributed by atoms with Crippen LogP contribution in [-0.2, 0) is 9.53 Å². The van der Waals surface area contributed by atoms with E-state index in [9.17, 15) is 4.79 Å². The lowest BCUT2D eigenvalue weighted by Gasteiger charge is -2.31.